The molecule has 0 aliphatic heterocycles. The number of ketones is 1. The fourth-order valence-electron chi connectivity index (χ4n) is 1.41. The Bertz CT molecular complexity index is 334. The first kappa shape index (κ1) is 11.9. The second-order valence-electron chi connectivity index (χ2n) is 3.86. The van der Waals surface area contributed by atoms with E-state index in [4.69, 9.17) is 0 Å². The maximum Gasteiger partial charge on any atom is 0.248 e. The molecule has 3 heteroatoms. The van der Waals surface area contributed by atoms with Crippen LogP contribution in [-0.4, -0.2) is 31.3 Å². The van der Waals surface area contributed by atoms with E-state index < -0.39 is 0 Å². The first-order valence-corrected chi connectivity index (χ1v) is 5.31. The Labute approximate surface area is 91.3 Å². The summed E-state index contributed by atoms with van der Waals surface area (Å²) in [5, 5.41) is 0. The molecule has 0 aromatic carbocycles. The van der Waals surface area contributed by atoms with Crippen molar-refractivity contribution >= 4 is 5.78 Å². The Morgan fingerprint density at radius 1 is 1.40 bits per heavy atom. The molecule has 0 spiro atoms. The van der Waals surface area contributed by atoms with Crippen LogP contribution in [0.4, 0.5) is 0 Å². The molecule has 0 saturated carbocycles. The smallest absolute Gasteiger partial charge is 0.248 e. The van der Waals surface area contributed by atoms with E-state index in [0.717, 1.165) is 18.8 Å². The van der Waals surface area contributed by atoms with Gasteiger partial charge in [-0.2, -0.15) is 4.57 Å². The Hall–Kier alpha value is -1.22. The number of likely N-dealkylation sites (N-methyl/N-ethyl adjacent to an activating group) is 1. The monoisotopic (exact) mass is 207 g/mol. The molecule has 15 heavy (non-hydrogen) atoms. The van der Waals surface area contributed by atoms with Crippen molar-refractivity contribution in [3.8, 4) is 0 Å². The van der Waals surface area contributed by atoms with Gasteiger partial charge < -0.3 is 4.90 Å². The van der Waals surface area contributed by atoms with E-state index >= 15 is 0 Å². The van der Waals surface area contributed by atoms with Crippen molar-refractivity contribution < 1.29 is 9.36 Å². The molecule has 0 radical (unpaired) electrons. The normalized spacial score (nSPS) is 10.7. The number of aromatic nitrogens is 1. The summed E-state index contributed by atoms with van der Waals surface area (Å²) in [6, 6.07) is 5.76. The molecule has 3 nitrogen and oxygen atoms in total. The molecule has 0 N–H and O–H groups in total. The highest BCUT2D eigenvalue weighted by Crippen LogP contribution is 1.96. The van der Waals surface area contributed by atoms with Crippen LogP contribution in [0.1, 0.15) is 23.8 Å². The van der Waals surface area contributed by atoms with E-state index in [2.05, 4.69) is 4.90 Å². The molecule has 0 saturated heterocycles. The number of carbonyl (C=O) groups is 1. The van der Waals surface area contributed by atoms with Crippen LogP contribution in [0.25, 0.3) is 0 Å². The summed E-state index contributed by atoms with van der Waals surface area (Å²) in [6.45, 7) is 3.69. The summed E-state index contributed by atoms with van der Waals surface area (Å²) in [5.41, 5.74) is 0.807. The van der Waals surface area contributed by atoms with Gasteiger partial charge in [-0.15, -0.1) is 0 Å². The number of carbonyl (C=O) groups excluding carboxylic acids is 1. The van der Waals surface area contributed by atoms with Gasteiger partial charge in [-0.05, 0) is 20.2 Å². The summed E-state index contributed by atoms with van der Waals surface area (Å²) in [6.07, 6.45) is 2.53. The molecule has 0 bridgehead atoms. The van der Waals surface area contributed by atoms with Crippen molar-refractivity contribution in [1.82, 2.24) is 4.90 Å². The van der Waals surface area contributed by atoms with Gasteiger partial charge in [0, 0.05) is 18.6 Å². The minimum atomic E-state index is 0.203. The van der Waals surface area contributed by atoms with Gasteiger partial charge in [0.15, 0.2) is 12.7 Å². The molecule has 0 aliphatic carbocycles. The first-order chi connectivity index (χ1) is 7.15. The van der Waals surface area contributed by atoms with Gasteiger partial charge in [0.05, 0.1) is 6.54 Å². The number of nitrogens with zero attached hydrogens (tertiary/aromatic N) is 2. The van der Waals surface area contributed by atoms with E-state index in [0.29, 0.717) is 6.42 Å². The summed E-state index contributed by atoms with van der Waals surface area (Å²) < 4.78 is 2.02. The lowest BCUT2D eigenvalue weighted by molar-refractivity contribution is -0.698. The van der Waals surface area contributed by atoms with E-state index in [1.165, 1.54) is 0 Å². The number of hydrogen-bond donors (Lipinski definition) is 0. The van der Waals surface area contributed by atoms with Gasteiger partial charge in [0.2, 0.25) is 11.5 Å². The molecule has 1 aromatic rings. The third-order valence-corrected chi connectivity index (χ3v) is 2.34. The maximum absolute atomic E-state index is 11.6. The molecule has 1 aromatic heterocycles. The summed E-state index contributed by atoms with van der Waals surface area (Å²) in [4.78, 5) is 13.8. The predicted molar refractivity (Wildman–Crippen MR) is 59.8 cm³/mol. The summed E-state index contributed by atoms with van der Waals surface area (Å²) >= 11 is 0. The van der Waals surface area contributed by atoms with Crippen LogP contribution in [-0.2, 0) is 6.54 Å². The molecule has 82 valence electrons. The Balaban J connectivity index is 2.81. The number of pyridine rings is 1. The third kappa shape index (κ3) is 3.44. The molecular weight excluding hydrogens is 188 g/mol. The lowest BCUT2D eigenvalue weighted by Crippen LogP contribution is -2.43. The minimum absolute atomic E-state index is 0.203. The maximum atomic E-state index is 11.6. The summed E-state index contributed by atoms with van der Waals surface area (Å²) in [5.74, 6) is 0.203. The quantitative estimate of drug-likeness (QED) is 0.534. The van der Waals surface area contributed by atoms with Crippen molar-refractivity contribution in [1.29, 1.82) is 0 Å². The van der Waals surface area contributed by atoms with Crippen LogP contribution in [0.3, 0.4) is 0 Å². The molecule has 0 aliphatic rings. The highest BCUT2D eigenvalue weighted by Gasteiger charge is 2.15. The highest BCUT2D eigenvalue weighted by molar-refractivity contribution is 5.92. The van der Waals surface area contributed by atoms with Crippen LogP contribution in [0.15, 0.2) is 24.4 Å². The largest absolute Gasteiger partial charge is 0.303 e. The lowest BCUT2D eigenvalue weighted by atomic mass is 10.2. The molecule has 1 heterocycles. The molecule has 0 amide bonds. The third-order valence-electron chi connectivity index (χ3n) is 2.34. The Kier molecular flexibility index (Phi) is 4.43. The van der Waals surface area contributed by atoms with E-state index in [-0.39, 0.29) is 5.78 Å². The average Bonchev–Trinajstić information content (AvgIpc) is 2.25. The minimum Gasteiger partial charge on any atom is -0.303 e. The van der Waals surface area contributed by atoms with E-state index in [9.17, 15) is 4.79 Å². The number of Topliss-reactive ketones (excluding diaryl/α,β-unsaturated/α-hetero) is 1. The van der Waals surface area contributed by atoms with Crippen LogP contribution in [0.5, 0.6) is 0 Å². The van der Waals surface area contributed by atoms with Gasteiger partial charge in [-0.3, -0.25) is 4.79 Å². The zero-order valence-corrected chi connectivity index (χ0v) is 9.73. The van der Waals surface area contributed by atoms with Gasteiger partial charge in [0.1, 0.15) is 0 Å². The Morgan fingerprint density at radius 2 is 2.13 bits per heavy atom. The topological polar surface area (TPSA) is 24.2 Å². The molecule has 0 unspecified atom stereocenters. The van der Waals surface area contributed by atoms with Crippen LogP contribution in [0, 0.1) is 0 Å². The molecule has 0 fully saturated rings. The second-order valence-corrected chi connectivity index (χ2v) is 3.86. The zero-order valence-electron chi connectivity index (χ0n) is 9.73. The van der Waals surface area contributed by atoms with Gasteiger partial charge in [0.25, 0.3) is 0 Å². The van der Waals surface area contributed by atoms with Gasteiger partial charge >= 0.3 is 0 Å². The fraction of sp³-hybridized carbons (Fsp3) is 0.500. The van der Waals surface area contributed by atoms with Crippen molar-refractivity contribution in [3.05, 3.63) is 30.1 Å². The van der Waals surface area contributed by atoms with Crippen molar-refractivity contribution in [2.24, 2.45) is 0 Å². The van der Waals surface area contributed by atoms with Gasteiger partial charge in [-0.25, -0.2) is 0 Å². The van der Waals surface area contributed by atoms with Gasteiger partial charge in [-0.1, -0.05) is 6.92 Å². The first-order valence-electron chi connectivity index (χ1n) is 5.31. The SMILES string of the molecule is CCC(=O)c1cccc[n+]1CCN(C)C. The summed E-state index contributed by atoms with van der Waals surface area (Å²) in [7, 11) is 4.07. The second kappa shape index (κ2) is 5.61. The molecule has 0 atom stereocenters. The fourth-order valence-corrected chi connectivity index (χ4v) is 1.41. The highest BCUT2D eigenvalue weighted by atomic mass is 16.1. The van der Waals surface area contributed by atoms with Crippen molar-refractivity contribution in [3.63, 3.8) is 0 Å². The zero-order chi connectivity index (χ0) is 11.3. The van der Waals surface area contributed by atoms with Crippen LogP contribution >= 0.6 is 0 Å². The standard InChI is InChI=1S/C12H19N2O/c1-4-12(15)11-7-5-6-8-14(11)10-9-13(2)3/h5-8H,4,9-10H2,1-3H3/q+1. The van der Waals surface area contributed by atoms with Crippen molar-refractivity contribution in [2.75, 3.05) is 20.6 Å². The number of hydrogen-bond acceptors (Lipinski definition) is 2. The molecular formula is C12H19N2O+. The van der Waals surface area contributed by atoms with Crippen LogP contribution in [0.2, 0.25) is 0 Å². The van der Waals surface area contributed by atoms with Crippen LogP contribution < -0.4 is 4.57 Å². The van der Waals surface area contributed by atoms with E-state index in [1.54, 1.807) is 0 Å². The average molecular weight is 207 g/mol. The van der Waals surface area contributed by atoms with Crippen molar-refractivity contribution in [2.45, 2.75) is 19.9 Å². The number of rotatable bonds is 5. The molecule has 1 rings (SSSR count). The predicted octanol–water partition coefficient (Wildman–Crippen LogP) is 1.13. The Morgan fingerprint density at radius 3 is 2.73 bits per heavy atom. The van der Waals surface area contributed by atoms with E-state index in [1.807, 2.05) is 50.0 Å². The lowest BCUT2D eigenvalue weighted by Gasteiger charge is -2.07.